The number of aliphatic hydroxyl groups is 1. The van der Waals surface area contributed by atoms with Crippen LogP contribution in [0, 0.1) is 0 Å². The zero-order valence-electron chi connectivity index (χ0n) is 12.0. The molecule has 0 aromatic heterocycles. The predicted octanol–water partition coefficient (Wildman–Crippen LogP) is 2.38. The van der Waals surface area contributed by atoms with Crippen molar-refractivity contribution in [2.45, 2.75) is 30.3 Å². The van der Waals surface area contributed by atoms with Crippen LogP contribution in [0.25, 0.3) is 10.8 Å². The van der Waals surface area contributed by atoms with Crippen LogP contribution in [0.4, 0.5) is 0 Å². The summed E-state index contributed by atoms with van der Waals surface area (Å²) in [4.78, 5) is 0.322. The predicted molar refractivity (Wildman–Crippen MR) is 82.6 cm³/mol. The molecule has 1 fully saturated rings. The summed E-state index contributed by atoms with van der Waals surface area (Å²) in [7, 11) is -3.48. The molecule has 1 heterocycles. The standard InChI is InChI=1S/C16H19NO3S/c1-16(18)8-10-17(11-9-16)21(19,20)15-7-6-13-4-2-3-5-14(13)12-15/h2-7,12,18H,8-11H2,1H3. The zero-order chi connectivity index (χ0) is 15.1. The third-order valence-corrected chi connectivity index (χ3v) is 6.05. The fraction of sp³-hybridized carbons (Fsp3) is 0.375. The van der Waals surface area contributed by atoms with Crippen molar-refractivity contribution in [3.63, 3.8) is 0 Å². The number of hydrogen-bond acceptors (Lipinski definition) is 3. The Kier molecular flexibility index (Phi) is 3.51. The highest BCUT2D eigenvalue weighted by Crippen LogP contribution is 2.27. The molecule has 2 aromatic carbocycles. The molecule has 1 N–H and O–H groups in total. The van der Waals surface area contributed by atoms with Crippen LogP contribution in [-0.4, -0.2) is 36.5 Å². The normalized spacial score (nSPS) is 19.7. The Morgan fingerprint density at radius 2 is 1.67 bits per heavy atom. The number of fused-ring (bicyclic) bond motifs is 1. The fourth-order valence-electron chi connectivity index (χ4n) is 2.69. The summed E-state index contributed by atoms with van der Waals surface area (Å²) in [5.41, 5.74) is -0.755. The first kappa shape index (κ1) is 14.5. The smallest absolute Gasteiger partial charge is 0.243 e. The van der Waals surface area contributed by atoms with E-state index in [4.69, 9.17) is 0 Å². The Bertz CT molecular complexity index is 758. The largest absolute Gasteiger partial charge is 0.390 e. The molecular weight excluding hydrogens is 286 g/mol. The second-order valence-electron chi connectivity index (χ2n) is 5.91. The molecule has 0 unspecified atom stereocenters. The van der Waals surface area contributed by atoms with E-state index in [0.29, 0.717) is 30.8 Å². The van der Waals surface area contributed by atoms with E-state index in [1.54, 1.807) is 19.1 Å². The van der Waals surface area contributed by atoms with E-state index in [-0.39, 0.29) is 0 Å². The minimum atomic E-state index is -3.48. The van der Waals surface area contributed by atoms with E-state index in [0.717, 1.165) is 10.8 Å². The van der Waals surface area contributed by atoms with Crippen molar-refractivity contribution in [3.8, 4) is 0 Å². The molecule has 0 amide bonds. The van der Waals surface area contributed by atoms with Gasteiger partial charge in [0.1, 0.15) is 0 Å². The Hall–Kier alpha value is -1.43. The molecule has 1 aliphatic heterocycles. The van der Waals surface area contributed by atoms with Crippen LogP contribution in [0.15, 0.2) is 47.4 Å². The fourth-order valence-corrected chi connectivity index (χ4v) is 4.16. The van der Waals surface area contributed by atoms with Gasteiger partial charge in [-0.15, -0.1) is 0 Å². The highest BCUT2D eigenvalue weighted by molar-refractivity contribution is 7.89. The van der Waals surface area contributed by atoms with E-state index in [2.05, 4.69) is 0 Å². The average molecular weight is 305 g/mol. The number of piperidine rings is 1. The van der Waals surface area contributed by atoms with Crippen molar-refractivity contribution in [2.75, 3.05) is 13.1 Å². The van der Waals surface area contributed by atoms with E-state index >= 15 is 0 Å². The summed E-state index contributed by atoms with van der Waals surface area (Å²) in [5.74, 6) is 0. The Balaban J connectivity index is 1.93. The van der Waals surface area contributed by atoms with Gasteiger partial charge in [-0.2, -0.15) is 4.31 Å². The van der Waals surface area contributed by atoms with Crippen molar-refractivity contribution in [2.24, 2.45) is 0 Å². The number of sulfonamides is 1. The van der Waals surface area contributed by atoms with Gasteiger partial charge < -0.3 is 5.11 Å². The van der Waals surface area contributed by atoms with Gasteiger partial charge in [0, 0.05) is 13.1 Å². The molecule has 2 aromatic rings. The summed E-state index contributed by atoms with van der Waals surface area (Å²) < 4.78 is 26.8. The van der Waals surface area contributed by atoms with Crippen molar-refractivity contribution in [1.82, 2.24) is 4.31 Å². The van der Waals surface area contributed by atoms with E-state index in [9.17, 15) is 13.5 Å². The Labute approximate surface area is 125 Å². The lowest BCUT2D eigenvalue weighted by molar-refractivity contribution is 0.0126. The van der Waals surface area contributed by atoms with Crippen LogP contribution in [0.3, 0.4) is 0 Å². The molecule has 5 heteroatoms. The van der Waals surface area contributed by atoms with E-state index < -0.39 is 15.6 Å². The Morgan fingerprint density at radius 1 is 1.05 bits per heavy atom. The molecule has 0 aliphatic carbocycles. The first-order valence-corrected chi connectivity index (χ1v) is 8.54. The molecule has 0 radical (unpaired) electrons. The van der Waals surface area contributed by atoms with E-state index in [1.807, 2.05) is 30.3 Å². The molecule has 21 heavy (non-hydrogen) atoms. The first-order chi connectivity index (χ1) is 9.88. The summed E-state index contributed by atoms with van der Waals surface area (Å²) in [6.07, 6.45) is 0.944. The molecule has 0 saturated carbocycles. The lowest BCUT2D eigenvalue weighted by atomic mass is 9.95. The molecular formula is C16H19NO3S. The summed E-state index contributed by atoms with van der Waals surface area (Å²) in [6.45, 7) is 2.48. The number of rotatable bonds is 2. The SMILES string of the molecule is CC1(O)CCN(S(=O)(=O)c2ccc3ccccc3c2)CC1. The third kappa shape index (κ3) is 2.81. The van der Waals surface area contributed by atoms with Gasteiger partial charge in [0.05, 0.1) is 10.5 Å². The Morgan fingerprint density at radius 3 is 2.33 bits per heavy atom. The van der Waals surface area contributed by atoms with Gasteiger partial charge in [-0.1, -0.05) is 30.3 Å². The molecule has 4 nitrogen and oxygen atoms in total. The monoisotopic (exact) mass is 305 g/mol. The van der Waals surface area contributed by atoms with Crippen molar-refractivity contribution < 1.29 is 13.5 Å². The number of hydrogen-bond donors (Lipinski definition) is 1. The maximum Gasteiger partial charge on any atom is 0.243 e. The highest BCUT2D eigenvalue weighted by atomic mass is 32.2. The second kappa shape index (κ2) is 5.09. The van der Waals surface area contributed by atoms with Crippen LogP contribution >= 0.6 is 0 Å². The molecule has 1 aliphatic rings. The maximum absolute atomic E-state index is 12.7. The number of benzene rings is 2. The summed E-state index contributed by atoms with van der Waals surface area (Å²) >= 11 is 0. The number of nitrogens with zero attached hydrogens (tertiary/aromatic N) is 1. The zero-order valence-corrected chi connectivity index (χ0v) is 12.8. The van der Waals surface area contributed by atoms with Gasteiger partial charge in [0.25, 0.3) is 0 Å². The first-order valence-electron chi connectivity index (χ1n) is 7.10. The quantitative estimate of drug-likeness (QED) is 0.927. The van der Waals surface area contributed by atoms with Crippen molar-refractivity contribution >= 4 is 20.8 Å². The summed E-state index contributed by atoms with van der Waals surface area (Å²) in [5, 5.41) is 11.9. The van der Waals surface area contributed by atoms with Gasteiger partial charge in [-0.3, -0.25) is 0 Å². The van der Waals surface area contributed by atoms with Crippen molar-refractivity contribution in [3.05, 3.63) is 42.5 Å². The van der Waals surface area contributed by atoms with Gasteiger partial charge in [-0.05, 0) is 42.7 Å². The topological polar surface area (TPSA) is 57.6 Å². The highest BCUT2D eigenvalue weighted by Gasteiger charge is 2.33. The maximum atomic E-state index is 12.7. The van der Waals surface area contributed by atoms with Crippen LogP contribution < -0.4 is 0 Å². The van der Waals surface area contributed by atoms with Crippen LogP contribution in [-0.2, 0) is 10.0 Å². The molecule has 3 rings (SSSR count). The van der Waals surface area contributed by atoms with Crippen LogP contribution in [0.2, 0.25) is 0 Å². The molecule has 0 spiro atoms. The van der Waals surface area contributed by atoms with E-state index in [1.165, 1.54) is 4.31 Å². The van der Waals surface area contributed by atoms with Crippen LogP contribution in [0.5, 0.6) is 0 Å². The molecule has 0 atom stereocenters. The minimum absolute atomic E-state index is 0.322. The van der Waals surface area contributed by atoms with Gasteiger partial charge in [0.15, 0.2) is 0 Å². The summed E-state index contributed by atoms with van der Waals surface area (Å²) in [6, 6.07) is 12.9. The van der Waals surface area contributed by atoms with Crippen molar-refractivity contribution in [1.29, 1.82) is 0 Å². The minimum Gasteiger partial charge on any atom is -0.390 e. The molecule has 0 bridgehead atoms. The molecule has 1 saturated heterocycles. The second-order valence-corrected chi connectivity index (χ2v) is 7.85. The molecule has 112 valence electrons. The lowest BCUT2D eigenvalue weighted by Crippen LogP contribution is -2.45. The van der Waals surface area contributed by atoms with Gasteiger partial charge in [-0.25, -0.2) is 8.42 Å². The van der Waals surface area contributed by atoms with Gasteiger partial charge in [0.2, 0.25) is 10.0 Å². The van der Waals surface area contributed by atoms with Gasteiger partial charge >= 0.3 is 0 Å². The third-order valence-electron chi connectivity index (χ3n) is 4.16. The lowest BCUT2D eigenvalue weighted by Gasteiger charge is -2.35. The average Bonchev–Trinajstić information content (AvgIpc) is 2.46. The van der Waals surface area contributed by atoms with Crippen LogP contribution in [0.1, 0.15) is 19.8 Å².